The molecule has 0 aliphatic heterocycles. The van der Waals surface area contributed by atoms with Gasteiger partial charge in [0.25, 0.3) is 0 Å². The Morgan fingerprint density at radius 2 is 1.77 bits per heavy atom. The van der Waals surface area contributed by atoms with Gasteiger partial charge in [0.1, 0.15) is 0 Å². The van der Waals surface area contributed by atoms with E-state index in [0.29, 0.717) is 6.42 Å². The topological polar surface area (TPSA) is 49.3 Å². The molecule has 2 rings (SSSR count). The summed E-state index contributed by atoms with van der Waals surface area (Å²) in [5.41, 5.74) is 2.08. The van der Waals surface area contributed by atoms with Crippen molar-refractivity contribution in [3.63, 3.8) is 0 Å². The second-order valence-electron chi connectivity index (χ2n) is 5.19. The summed E-state index contributed by atoms with van der Waals surface area (Å²) < 4.78 is 0. The Balaban J connectivity index is 1.78. The number of hydrogen-bond acceptors (Lipinski definition) is 2. The largest absolute Gasteiger partial charge is 0.394 e. The minimum Gasteiger partial charge on any atom is -0.394 e. The highest BCUT2D eigenvalue weighted by molar-refractivity contribution is 6.30. The molecule has 22 heavy (non-hydrogen) atoms. The first-order chi connectivity index (χ1) is 10.7. The minimum atomic E-state index is -0.343. The molecule has 0 aliphatic carbocycles. The number of carbonyl (C=O) groups excluding carboxylic acids is 1. The van der Waals surface area contributed by atoms with E-state index >= 15 is 0 Å². The molecule has 2 N–H and O–H groups in total. The fourth-order valence-electron chi connectivity index (χ4n) is 2.29. The number of hydrogen-bond donors (Lipinski definition) is 2. The van der Waals surface area contributed by atoms with E-state index < -0.39 is 0 Å². The van der Waals surface area contributed by atoms with Crippen LogP contribution in [-0.2, 0) is 11.2 Å². The fourth-order valence-corrected chi connectivity index (χ4v) is 2.42. The van der Waals surface area contributed by atoms with E-state index in [1.165, 1.54) is 5.56 Å². The van der Waals surface area contributed by atoms with Gasteiger partial charge in [0, 0.05) is 11.4 Å². The van der Waals surface area contributed by atoms with E-state index in [1.807, 2.05) is 54.6 Å². The lowest BCUT2D eigenvalue weighted by molar-refractivity contribution is -0.122. The monoisotopic (exact) mass is 317 g/mol. The zero-order chi connectivity index (χ0) is 15.8. The van der Waals surface area contributed by atoms with Crippen molar-refractivity contribution < 1.29 is 9.90 Å². The van der Waals surface area contributed by atoms with Crippen LogP contribution >= 0.6 is 11.6 Å². The molecule has 4 heteroatoms. The van der Waals surface area contributed by atoms with Crippen molar-refractivity contribution in [1.82, 2.24) is 5.32 Å². The van der Waals surface area contributed by atoms with Gasteiger partial charge in [0.05, 0.1) is 12.6 Å². The first-order valence-electron chi connectivity index (χ1n) is 7.38. The number of nitrogens with one attached hydrogen (secondary N) is 1. The Bertz CT molecular complexity index is 584. The second kappa shape index (κ2) is 8.57. The van der Waals surface area contributed by atoms with Gasteiger partial charge in [-0.25, -0.2) is 0 Å². The third-order valence-electron chi connectivity index (χ3n) is 3.50. The van der Waals surface area contributed by atoms with Gasteiger partial charge in [-0.3, -0.25) is 4.79 Å². The minimum absolute atomic E-state index is 0.0446. The van der Waals surface area contributed by atoms with Gasteiger partial charge in [-0.2, -0.15) is 0 Å². The molecule has 3 nitrogen and oxygen atoms in total. The van der Waals surface area contributed by atoms with E-state index in [9.17, 15) is 9.90 Å². The van der Waals surface area contributed by atoms with Crippen LogP contribution in [-0.4, -0.2) is 17.6 Å². The van der Waals surface area contributed by atoms with Crippen molar-refractivity contribution in [1.29, 1.82) is 0 Å². The highest BCUT2D eigenvalue weighted by Gasteiger charge is 2.12. The smallest absolute Gasteiger partial charge is 0.220 e. The van der Waals surface area contributed by atoms with Gasteiger partial charge < -0.3 is 10.4 Å². The van der Waals surface area contributed by atoms with E-state index in [4.69, 9.17) is 11.6 Å². The zero-order valence-corrected chi connectivity index (χ0v) is 13.1. The predicted molar refractivity (Wildman–Crippen MR) is 88.8 cm³/mol. The predicted octanol–water partition coefficient (Wildman–Crippen LogP) is 3.51. The number of rotatable bonds is 7. The van der Waals surface area contributed by atoms with Crippen LogP contribution in [0.4, 0.5) is 0 Å². The summed E-state index contributed by atoms with van der Waals surface area (Å²) in [7, 11) is 0. The first-order valence-corrected chi connectivity index (χ1v) is 7.76. The number of aliphatic hydroxyl groups is 1. The summed E-state index contributed by atoms with van der Waals surface area (Å²) in [5, 5.41) is 13.0. The van der Waals surface area contributed by atoms with E-state index in [0.717, 1.165) is 23.4 Å². The van der Waals surface area contributed by atoms with Crippen molar-refractivity contribution in [3.8, 4) is 0 Å². The van der Waals surface area contributed by atoms with Crippen LogP contribution < -0.4 is 5.32 Å². The Hall–Kier alpha value is -1.84. The Morgan fingerprint density at radius 1 is 1.09 bits per heavy atom. The first kappa shape index (κ1) is 16.5. The van der Waals surface area contributed by atoms with Gasteiger partial charge in [-0.05, 0) is 36.1 Å². The van der Waals surface area contributed by atoms with Crippen molar-refractivity contribution in [2.75, 3.05) is 6.61 Å². The fraction of sp³-hybridized carbons (Fsp3) is 0.278. The van der Waals surface area contributed by atoms with Gasteiger partial charge >= 0.3 is 0 Å². The van der Waals surface area contributed by atoms with E-state index in [2.05, 4.69) is 5.32 Å². The lowest BCUT2D eigenvalue weighted by Crippen LogP contribution is -2.30. The molecule has 0 aliphatic rings. The Kier molecular flexibility index (Phi) is 6.44. The van der Waals surface area contributed by atoms with Gasteiger partial charge in [0.15, 0.2) is 0 Å². The number of halogens is 1. The van der Waals surface area contributed by atoms with Crippen molar-refractivity contribution in [2.24, 2.45) is 0 Å². The van der Waals surface area contributed by atoms with Crippen LogP contribution in [0, 0.1) is 0 Å². The van der Waals surface area contributed by atoms with Crippen molar-refractivity contribution in [2.45, 2.75) is 25.3 Å². The van der Waals surface area contributed by atoms with Gasteiger partial charge in [0.2, 0.25) is 5.91 Å². The Labute approximate surface area is 135 Å². The molecule has 1 atom stereocenters. The SMILES string of the molecule is O=C(CCCc1ccc(Cl)cc1)N[C@H](CO)c1ccccc1. The summed E-state index contributed by atoms with van der Waals surface area (Å²) in [5.74, 6) is -0.0446. The molecule has 0 saturated carbocycles. The molecule has 0 bridgehead atoms. The molecule has 116 valence electrons. The summed E-state index contributed by atoms with van der Waals surface area (Å²) in [6.45, 7) is -0.104. The molecule has 2 aromatic rings. The van der Waals surface area contributed by atoms with Gasteiger partial charge in [-0.15, -0.1) is 0 Å². The highest BCUT2D eigenvalue weighted by atomic mass is 35.5. The maximum absolute atomic E-state index is 12.0. The molecule has 0 radical (unpaired) electrons. The molecule has 0 saturated heterocycles. The third kappa shape index (κ3) is 5.17. The number of aliphatic hydroxyl groups excluding tert-OH is 1. The van der Waals surface area contributed by atoms with Crippen LogP contribution in [0.15, 0.2) is 54.6 Å². The highest BCUT2D eigenvalue weighted by Crippen LogP contribution is 2.13. The van der Waals surface area contributed by atoms with Gasteiger partial charge in [-0.1, -0.05) is 54.1 Å². The molecule has 0 unspecified atom stereocenters. The van der Waals surface area contributed by atoms with E-state index in [-0.39, 0.29) is 18.6 Å². The standard InChI is InChI=1S/C18H20ClNO2/c19-16-11-9-14(10-12-16)5-4-8-18(22)20-17(13-21)15-6-2-1-3-7-15/h1-3,6-7,9-12,17,21H,4-5,8,13H2,(H,20,22)/t17-/m1/s1. The van der Waals surface area contributed by atoms with Crippen LogP contribution in [0.3, 0.4) is 0 Å². The summed E-state index contributed by atoms with van der Waals surface area (Å²) in [6.07, 6.45) is 2.03. The average molecular weight is 318 g/mol. The number of amides is 1. The van der Waals surface area contributed by atoms with E-state index in [1.54, 1.807) is 0 Å². The summed E-state index contributed by atoms with van der Waals surface area (Å²) >= 11 is 5.84. The summed E-state index contributed by atoms with van der Waals surface area (Å²) in [6, 6.07) is 16.8. The summed E-state index contributed by atoms with van der Waals surface area (Å²) in [4.78, 5) is 12.0. The van der Waals surface area contributed by atoms with Crippen molar-refractivity contribution in [3.05, 3.63) is 70.7 Å². The lowest BCUT2D eigenvalue weighted by atomic mass is 10.1. The Morgan fingerprint density at radius 3 is 2.41 bits per heavy atom. The number of carbonyl (C=O) groups is 1. The normalized spacial score (nSPS) is 11.9. The second-order valence-corrected chi connectivity index (χ2v) is 5.63. The lowest BCUT2D eigenvalue weighted by Gasteiger charge is -2.16. The third-order valence-corrected chi connectivity index (χ3v) is 3.75. The quantitative estimate of drug-likeness (QED) is 0.821. The number of benzene rings is 2. The molecule has 0 heterocycles. The van der Waals surface area contributed by atoms with Crippen LogP contribution in [0.25, 0.3) is 0 Å². The molecular weight excluding hydrogens is 298 g/mol. The molecule has 2 aromatic carbocycles. The zero-order valence-electron chi connectivity index (χ0n) is 12.3. The molecule has 0 aromatic heterocycles. The molecule has 0 fully saturated rings. The molecule has 0 spiro atoms. The maximum Gasteiger partial charge on any atom is 0.220 e. The molecule has 1 amide bonds. The van der Waals surface area contributed by atoms with Crippen LogP contribution in [0.5, 0.6) is 0 Å². The average Bonchev–Trinajstić information content (AvgIpc) is 2.55. The van der Waals surface area contributed by atoms with Crippen LogP contribution in [0.2, 0.25) is 5.02 Å². The van der Waals surface area contributed by atoms with Crippen LogP contribution in [0.1, 0.15) is 30.0 Å². The van der Waals surface area contributed by atoms with Crippen molar-refractivity contribution >= 4 is 17.5 Å². The number of aryl methyl sites for hydroxylation is 1. The maximum atomic E-state index is 12.0. The molecular formula is C18H20ClNO2.